The zero-order valence-corrected chi connectivity index (χ0v) is 20.0. The number of benzene rings is 3. The number of nitrogens with zero attached hydrogens (tertiary/aromatic N) is 3. The number of aromatic nitrogens is 2. The van der Waals surface area contributed by atoms with Crippen molar-refractivity contribution in [2.75, 3.05) is 13.1 Å². The minimum Gasteiger partial charge on any atom is -0.485 e. The number of fused-ring (bicyclic) bond motifs is 2. The van der Waals surface area contributed by atoms with E-state index in [9.17, 15) is 4.79 Å². The van der Waals surface area contributed by atoms with E-state index in [1.54, 1.807) is 0 Å². The third-order valence-corrected chi connectivity index (χ3v) is 5.66. The second kappa shape index (κ2) is 10.1. The van der Waals surface area contributed by atoms with E-state index in [2.05, 4.69) is 45.9 Å². The fourth-order valence-electron chi connectivity index (χ4n) is 4.27. The van der Waals surface area contributed by atoms with Crippen LogP contribution in [0.3, 0.4) is 0 Å². The van der Waals surface area contributed by atoms with E-state index in [-0.39, 0.29) is 12.5 Å². The van der Waals surface area contributed by atoms with Gasteiger partial charge in [0.1, 0.15) is 24.7 Å². The lowest BCUT2D eigenvalue weighted by molar-refractivity contribution is -0.132. The van der Waals surface area contributed by atoms with Gasteiger partial charge in [-0.25, -0.2) is 4.98 Å². The van der Waals surface area contributed by atoms with Crippen molar-refractivity contribution in [2.45, 2.75) is 40.8 Å². The number of ether oxygens (including phenoxy) is 1. The van der Waals surface area contributed by atoms with Crippen LogP contribution in [0.4, 0.5) is 0 Å². The Hall–Kier alpha value is -3.34. The number of carbonyl (C=O) groups excluding carboxylic acids is 1. The van der Waals surface area contributed by atoms with Gasteiger partial charge in [0.25, 0.3) is 0 Å². The van der Waals surface area contributed by atoms with E-state index >= 15 is 0 Å². The summed E-state index contributed by atoms with van der Waals surface area (Å²) in [4.78, 5) is 20.2. The van der Waals surface area contributed by atoms with E-state index in [1.807, 2.05) is 58.0 Å². The lowest BCUT2D eigenvalue weighted by Crippen LogP contribution is -2.39. The average Bonchev–Trinajstić information content (AvgIpc) is 3.14. The van der Waals surface area contributed by atoms with Gasteiger partial charge in [0.05, 0.1) is 11.0 Å². The highest BCUT2D eigenvalue weighted by Crippen LogP contribution is 2.26. The number of carbonyl (C=O) groups is 1. The Labute approximate surface area is 196 Å². The van der Waals surface area contributed by atoms with Crippen LogP contribution in [0, 0.1) is 11.8 Å². The minimum atomic E-state index is 0.118. The molecule has 0 aliphatic carbocycles. The molecule has 0 aliphatic rings. The van der Waals surface area contributed by atoms with Gasteiger partial charge in [-0.1, -0.05) is 76.2 Å². The van der Waals surface area contributed by atoms with Crippen LogP contribution in [0.1, 0.15) is 33.5 Å². The number of imidazole rings is 1. The molecular formula is C28H33N3O2. The summed E-state index contributed by atoms with van der Waals surface area (Å²) >= 11 is 0. The van der Waals surface area contributed by atoms with Crippen molar-refractivity contribution >= 4 is 27.7 Å². The third kappa shape index (κ3) is 5.36. The van der Waals surface area contributed by atoms with Gasteiger partial charge in [0.15, 0.2) is 0 Å². The Kier molecular flexibility index (Phi) is 6.97. The summed E-state index contributed by atoms with van der Waals surface area (Å²) in [5, 5.41) is 2.20. The monoisotopic (exact) mass is 443 g/mol. The van der Waals surface area contributed by atoms with Crippen molar-refractivity contribution in [1.82, 2.24) is 14.5 Å². The molecule has 5 nitrogen and oxygen atoms in total. The zero-order valence-electron chi connectivity index (χ0n) is 20.0. The molecule has 0 aliphatic heterocycles. The quantitative estimate of drug-likeness (QED) is 0.323. The maximum absolute atomic E-state index is 13.4. The molecule has 0 unspecified atom stereocenters. The smallest absolute Gasteiger partial charge is 0.242 e. The van der Waals surface area contributed by atoms with Crippen molar-refractivity contribution in [3.05, 3.63) is 72.6 Å². The molecule has 0 radical (unpaired) electrons. The maximum Gasteiger partial charge on any atom is 0.242 e. The summed E-state index contributed by atoms with van der Waals surface area (Å²) in [6, 6.07) is 22.2. The molecule has 1 aromatic heterocycles. The summed E-state index contributed by atoms with van der Waals surface area (Å²) in [6.07, 6.45) is 0. The maximum atomic E-state index is 13.4. The molecule has 0 atom stereocenters. The molecule has 1 amide bonds. The average molecular weight is 444 g/mol. The molecule has 0 fully saturated rings. The number of hydrogen-bond acceptors (Lipinski definition) is 3. The van der Waals surface area contributed by atoms with Crippen molar-refractivity contribution in [3.8, 4) is 5.75 Å². The van der Waals surface area contributed by atoms with Crippen molar-refractivity contribution in [2.24, 2.45) is 11.8 Å². The SMILES string of the molecule is CC(C)CN(CC(C)C)C(=O)Cn1c(COc2cccc3ccccc23)nc2ccccc21. The highest BCUT2D eigenvalue weighted by Gasteiger charge is 2.20. The molecule has 1 heterocycles. The highest BCUT2D eigenvalue weighted by molar-refractivity contribution is 5.88. The molecular weight excluding hydrogens is 410 g/mol. The Bertz CT molecular complexity index is 1230. The lowest BCUT2D eigenvalue weighted by atomic mass is 10.1. The van der Waals surface area contributed by atoms with Gasteiger partial charge >= 0.3 is 0 Å². The molecule has 0 bridgehead atoms. The van der Waals surface area contributed by atoms with Gasteiger partial charge in [-0.05, 0) is 35.4 Å². The highest BCUT2D eigenvalue weighted by atomic mass is 16.5. The molecule has 0 saturated heterocycles. The van der Waals surface area contributed by atoms with Crippen LogP contribution in [0.2, 0.25) is 0 Å². The first-order valence-electron chi connectivity index (χ1n) is 11.7. The van der Waals surface area contributed by atoms with Crippen LogP contribution >= 0.6 is 0 Å². The number of hydrogen-bond donors (Lipinski definition) is 0. The van der Waals surface area contributed by atoms with Gasteiger partial charge in [0.2, 0.25) is 5.91 Å². The zero-order chi connectivity index (χ0) is 23.4. The van der Waals surface area contributed by atoms with E-state index < -0.39 is 0 Å². The first kappa shape index (κ1) is 22.8. The summed E-state index contributed by atoms with van der Waals surface area (Å²) in [5.74, 6) is 2.53. The van der Waals surface area contributed by atoms with E-state index in [0.29, 0.717) is 18.4 Å². The summed E-state index contributed by atoms with van der Waals surface area (Å²) < 4.78 is 8.25. The predicted octanol–water partition coefficient (Wildman–Crippen LogP) is 5.91. The van der Waals surface area contributed by atoms with Crippen LogP contribution in [0.25, 0.3) is 21.8 Å². The molecule has 0 N–H and O–H groups in total. The van der Waals surface area contributed by atoms with Crippen LogP contribution < -0.4 is 4.74 Å². The summed E-state index contributed by atoms with van der Waals surface area (Å²) in [5.41, 5.74) is 1.83. The van der Waals surface area contributed by atoms with Crippen LogP contribution in [-0.4, -0.2) is 33.4 Å². The fraction of sp³-hybridized carbons (Fsp3) is 0.357. The number of amides is 1. The second-order valence-electron chi connectivity index (χ2n) is 9.46. The largest absolute Gasteiger partial charge is 0.485 e. The Balaban J connectivity index is 1.62. The number of rotatable bonds is 9. The molecule has 4 rings (SSSR count). The minimum absolute atomic E-state index is 0.118. The molecule has 0 saturated carbocycles. The molecule has 33 heavy (non-hydrogen) atoms. The lowest BCUT2D eigenvalue weighted by Gasteiger charge is -2.27. The molecule has 3 aromatic carbocycles. The van der Waals surface area contributed by atoms with Crippen LogP contribution in [0.15, 0.2) is 66.7 Å². The Morgan fingerprint density at radius 1 is 0.909 bits per heavy atom. The van der Waals surface area contributed by atoms with Gasteiger partial charge in [0, 0.05) is 18.5 Å². The molecule has 5 heteroatoms. The number of para-hydroxylation sites is 2. The van der Waals surface area contributed by atoms with Gasteiger partial charge in [-0.3, -0.25) is 4.79 Å². The van der Waals surface area contributed by atoms with Gasteiger partial charge in [-0.2, -0.15) is 0 Å². The van der Waals surface area contributed by atoms with E-state index in [0.717, 1.165) is 46.5 Å². The fourth-order valence-corrected chi connectivity index (χ4v) is 4.27. The Morgan fingerprint density at radius 2 is 1.58 bits per heavy atom. The van der Waals surface area contributed by atoms with E-state index in [4.69, 9.17) is 9.72 Å². The van der Waals surface area contributed by atoms with E-state index in [1.165, 1.54) is 0 Å². The Morgan fingerprint density at radius 3 is 2.33 bits per heavy atom. The van der Waals surface area contributed by atoms with Gasteiger partial charge < -0.3 is 14.2 Å². The molecule has 0 spiro atoms. The third-order valence-electron chi connectivity index (χ3n) is 5.66. The predicted molar refractivity (Wildman–Crippen MR) is 134 cm³/mol. The molecule has 172 valence electrons. The van der Waals surface area contributed by atoms with Crippen LogP contribution in [0.5, 0.6) is 5.75 Å². The molecule has 4 aromatic rings. The summed E-state index contributed by atoms with van der Waals surface area (Å²) in [7, 11) is 0. The van der Waals surface area contributed by atoms with Crippen LogP contribution in [-0.2, 0) is 17.9 Å². The van der Waals surface area contributed by atoms with Crippen molar-refractivity contribution in [1.29, 1.82) is 0 Å². The first-order chi connectivity index (χ1) is 15.9. The standard InChI is InChI=1S/C28H33N3O2/c1-20(2)16-30(17-21(3)4)28(32)18-31-25-14-8-7-13-24(25)29-27(31)19-33-26-15-9-11-22-10-5-6-12-23(22)26/h5-15,20-21H,16-19H2,1-4H3. The normalized spacial score (nSPS) is 11.6. The first-order valence-corrected chi connectivity index (χ1v) is 11.7. The second-order valence-corrected chi connectivity index (χ2v) is 9.46. The van der Waals surface area contributed by atoms with Crippen molar-refractivity contribution in [3.63, 3.8) is 0 Å². The topological polar surface area (TPSA) is 47.4 Å². The summed E-state index contributed by atoms with van der Waals surface area (Å²) in [6.45, 7) is 10.7. The van der Waals surface area contributed by atoms with Gasteiger partial charge in [-0.15, -0.1) is 0 Å². The van der Waals surface area contributed by atoms with Crippen molar-refractivity contribution < 1.29 is 9.53 Å².